The molecule has 1 unspecified atom stereocenters. The molecule has 0 radical (unpaired) electrons. The first-order valence-corrected chi connectivity index (χ1v) is 13.9. The molecule has 1 atom stereocenters. The lowest BCUT2D eigenvalue weighted by Crippen LogP contribution is -2.35. The molecule has 2 aromatic carbocycles. The maximum absolute atomic E-state index is 13.7. The summed E-state index contributed by atoms with van der Waals surface area (Å²) in [4.78, 5) is 16.7. The van der Waals surface area contributed by atoms with Crippen molar-refractivity contribution in [2.75, 3.05) is 13.2 Å². The second kappa shape index (κ2) is 10.0. The molecule has 2 heterocycles. The molecule has 0 spiro atoms. The van der Waals surface area contributed by atoms with Gasteiger partial charge in [-0.3, -0.25) is 4.79 Å². The van der Waals surface area contributed by atoms with Crippen molar-refractivity contribution in [3.05, 3.63) is 97.0 Å². The lowest BCUT2D eigenvalue weighted by molar-refractivity contribution is -0.116. The number of thiophene rings is 1. The van der Waals surface area contributed by atoms with Crippen LogP contribution in [0.4, 0.5) is 0 Å². The maximum Gasteiger partial charge on any atom is 0.170 e. The second-order valence-corrected chi connectivity index (χ2v) is 12.0. The Morgan fingerprint density at radius 1 is 1.00 bits per heavy atom. The highest BCUT2D eigenvalue weighted by Crippen LogP contribution is 2.50. The molecule has 1 aromatic heterocycles. The van der Waals surface area contributed by atoms with Gasteiger partial charge in [-0.15, -0.1) is 11.3 Å². The third-order valence-corrected chi connectivity index (χ3v) is 9.82. The lowest BCUT2D eigenvalue weighted by atomic mass is 9.65. The van der Waals surface area contributed by atoms with Crippen LogP contribution in [0, 0.1) is 6.92 Å². The molecular formula is C29H29ClO2S2. The zero-order chi connectivity index (χ0) is 23.7. The molecule has 0 bridgehead atoms. The smallest absolute Gasteiger partial charge is 0.170 e. The molecule has 2 nitrogen and oxygen atoms in total. The van der Waals surface area contributed by atoms with Crippen LogP contribution in [-0.4, -0.2) is 19.0 Å². The Bertz CT molecular complexity index is 1220. The van der Waals surface area contributed by atoms with Gasteiger partial charge in [0.2, 0.25) is 0 Å². The van der Waals surface area contributed by atoms with Crippen molar-refractivity contribution < 1.29 is 9.53 Å². The predicted octanol–water partition coefficient (Wildman–Crippen LogP) is 8.32. The fraction of sp³-hybridized carbons (Fsp3) is 0.345. The van der Waals surface area contributed by atoms with Crippen LogP contribution in [-0.2, 0) is 14.9 Å². The van der Waals surface area contributed by atoms with E-state index >= 15 is 0 Å². The van der Waals surface area contributed by atoms with E-state index in [0.717, 1.165) is 47.8 Å². The van der Waals surface area contributed by atoms with E-state index in [1.807, 2.05) is 24.3 Å². The first-order valence-electron chi connectivity index (χ1n) is 11.9. The number of Topliss-reactive ketones (excluding diaryl/α,β-unsaturated/α-hetero) is 1. The highest BCUT2D eigenvalue weighted by molar-refractivity contribution is 8.04. The average molecular weight is 509 g/mol. The van der Waals surface area contributed by atoms with Gasteiger partial charge in [0.25, 0.3) is 0 Å². The summed E-state index contributed by atoms with van der Waals surface area (Å²) >= 11 is 9.68. The monoisotopic (exact) mass is 508 g/mol. The van der Waals surface area contributed by atoms with Gasteiger partial charge in [-0.05, 0) is 79.3 Å². The summed E-state index contributed by atoms with van der Waals surface area (Å²) in [5, 5.41) is 2.93. The van der Waals surface area contributed by atoms with E-state index in [0.29, 0.717) is 17.4 Å². The molecule has 0 N–H and O–H groups in total. The van der Waals surface area contributed by atoms with Crippen LogP contribution in [0.1, 0.15) is 60.1 Å². The number of aryl methyl sites for hydroxylation is 1. The van der Waals surface area contributed by atoms with Crippen molar-refractivity contribution >= 4 is 40.5 Å². The van der Waals surface area contributed by atoms with Gasteiger partial charge in [-0.2, -0.15) is 0 Å². The summed E-state index contributed by atoms with van der Waals surface area (Å²) in [7, 11) is 0. The van der Waals surface area contributed by atoms with Gasteiger partial charge in [0.15, 0.2) is 5.78 Å². The minimum atomic E-state index is -0.329. The van der Waals surface area contributed by atoms with Crippen LogP contribution in [0.5, 0.6) is 0 Å². The van der Waals surface area contributed by atoms with E-state index in [-0.39, 0.29) is 11.2 Å². The molecule has 5 rings (SSSR count). The Morgan fingerprint density at radius 3 is 2.38 bits per heavy atom. The normalized spacial score (nSPS) is 21.8. The van der Waals surface area contributed by atoms with Crippen molar-refractivity contribution in [3.63, 3.8) is 0 Å². The number of halogens is 1. The third kappa shape index (κ3) is 4.66. The molecule has 176 valence electrons. The number of benzene rings is 2. The van der Waals surface area contributed by atoms with Crippen molar-refractivity contribution in [2.45, 2.75) is 55.8 Å². The Kier molecular flexibility index (Phi) is 7.04. The molecule has 34 heavy (non-hydrogen) atoms. The minimum absolute atomic E-state index is 0.200. The molecule has 0 amide bonds. The predicted molar refractivity (Wildman–Crippen MR) is 143 cm³/mol. The Labute approximate surface area is 215 Å². The molecule has 1 saturated heterocycles. The van der Waals surface area contributed by atoms with E-state index in [1.54, 1.807) is 11.3 Å². The molecule has 1 aliphatic carbocycles. The highest BCUT2D eigenvalue weighted by atomic mass is 35.5. The standard InChI is InChI=1S/C29H29ClO2S2/c1-19-16-29(24-15-20(2)33-18-24,17-26(31)28(19)34-27-6-4-3-5-25(27)30)23-9-7-21(8-10-23)22-11-13-32-14-12-22/h3-10,15,18,22H,11-14,16-17H2,1-2H3. The van der Waals surface area contributed by atoms with E-state index in [9.17, 15) is 4.79 Å². The number of rotatable bonds is 5. The lowest BCUT2D eigenvalue weighted by Gasteiger charge is -2.38. The van der Waals surface area contributed by atoms with Crippen molar-refractivity contribution in [3.8, 4) is 0 Å². The minimum Gasteiger partial charge on any atom is -0.381 e. The van der Waals surface area contributed by atoms with Crippen LogP contribution in [0.2, 0.25) is 5.02 Å². The molecule has 3 aromatic rings. The summed E-state index contributed by atoms with van der Waals surface area (Å²) in [5.74, 6) is 0.765. The summed E-state index contributed by atoms with van der Waals surface area (Å²) in [5.41, 5.74) is 4.68. The Balaban J connectivity index is 1.52. The van der Waals surface area contributed by atoms with Crippen LogP contribution in [0.25, 0.3) is 0 Å². The van der Waals surface area contributed by atoms with Crippen molar-refractivity contribution in [1.82, 2.24) is 0 Å². The summed E-state index contributed by atoms with van der Waals surface area (Å²) in [6.07, 6.45) is 3.47. The summed E-state index contributed by atoms with van der Waals surface area (Å²) in [6, 6.07) is 19.1. The zero-order valence-electron chi connectivity index (χ0n) is 19.6. The summed E-state index contributed by atoms with van der Waals surface area (Å²) < 4.78 is 5.55. The fourth-order valence-corrected chi connectivity index (χ4v) is 7.36. The van der Waals surface area contributed by atoms with Gasteiger partial charge in [-0.1, -0.05) is 65.3 Å². The average Bonchev–Trinajstić information content (AvgIpc) is 3.30. The number of ketones is 1. The molecule has 2 aliphatic rings. The fourth-order valence-electron chi connectivity index (χ4n) is 5.34. The molecule has 1 fully saturated rings. The van der Waals surface area contributed by atoms with Crippen LogP contribution < -0.4 is 0 Å². The number of thioether (sulfide) groups is 1. The number of allylic oxidation sites excluding steroid dienone is 2. The largest absolute Gasteiger partial charge is 0.381 e. The van der Waals surface area contributed by atoms with Gasteiger partial charge >= 0.3 is 0 Å². The Hall–Kier alpha value is -1.85. The van der Waals surface area contributed by atoms with Gasteiger partial charge in [0, 0.05) is 34.8 Å². The zero-order valence-corrected chi connectivity index (χ0v) is 22.0. The van der Waals surface area contributed by atoms with Gasteiger partial charge in [0.05, 0.1) is 9.93 Å². The Morgan fingerprint density at radius 2 is 1.74 bits per heavy atom. The molecule has 5 heteroatoms. The summed E-state index contributed by atoms with van der Waals surface area (Å²) in [6.45, 7) is 5.94. The van der Waals surface area contributed by atoms with E-state index in [1.165, 1.54) is 33.3 Å². The molecule has 0 saturated carbocycles. The second-order valence-electron chi connectivity index (χ2n) is 9.46. The van der Waals surface area contributed by atoms with Crippen molar-refractivity contribution in [2.24, 2.45) is 0 Å². The van der Waals surface area contributed by atoms with Crippen LogP contribution in [0.3, 0.4) is 0 Å². The number of carbonyl (C=O) groups is 1. The number of hydrogen-bond donors (Lipinski definition) is 0. The van der Waals surface area contributed by atoms with E-state index < -0.39 is 0 Å². The number of carbonyl (C=O) groups excluding carboxylic acids is 1. The maximum atomic E-state index is 13.7. The van der Waals surface area contributed by atoms with Crippen LogP contribution in [0.15, 0.2) is 75.4 Å². The first-order chi connectivity index (χ1) is 16.5. The van der Waals surface area contributed by atoms with Gasteiger partial charge in [0.1, 0.15) is 0 Å². The highest BCUT2D eigenvalue weighted by Gasteiger charge is 2.42. The molecular weight excluding hydrogens is 480 g/mol. The van der Waals surface area contributed by atoms with Crippen LogP contribution >= 0.6 is 34.7 Å². The van der Waals surface area contributed by atoms with Gasteiger partial charge < -0.3 is 4.74 Å². The molecule has 1 aliphatic heterocycles. The number of ether oxygens (including phenoxy) is 1. The van der Waals surface area contributed by atoms with Gasteiger partial charge in [-0.25, -0.2) is 0 Å². The SMILES string of the molecule is CC1=C(Sc2ccccc2Cl)C(=O)CC(c2ccc(C3CCOCC3)cc2)(c2csc(C)c2)C1. The van der Waals surface area contributed by atoms with E-state index in [4.69, 9.17) is 16.3 Å². The van der Waals surface area contributed by atoms with Crippen molar-refractivity contribution in [1.29, 1.82) is 0 Å². The quantitative estimate of drug-likeness (QED) is 0.346. The first kappa shape index (κ1) is 23.9. The topological polar surface area (TPSA) is 26.3 Å². The van der Waals surface area contributed by atoms with E-state index in [2.05, 4.69) is 49.6 Å². The number of hydrogen-bond acceptors (Lipinski definition) is 4. The third-order valence-electron chi connectivity index (χ3n) is 7.16.